The number of benzene rings is 1. The first-order chi connectivity index (χ1) is 8.72. The second kappa shape index (κ2) is 5.48. The zero-order valence-electron chi connectivity index (χ0n) is 10.1. The summed E-state index contributed by atoms with van der Waals surface area (Å²) in [4.78, 5) is 12.8. The first-order valence-corrected chi connectivity index (χ1v) is 5.99. The highest BCUT2D eigenvalue weighted by atomic mass is 16.6. The fourth-order valence-electron chi connectivity index (χ4n) is 2.26. The van der Waals surface area contributed by atoms with Gasteiger partial charge in [0.15, 0.2) is 0 Å². The number of hydrogen-bond donors (Lipinski definition) is 1. The molecule has 0 radical (unpaired) electrons. The average Bonchev–Trinajstić information content (AvgIpc) is 2.40. The van der Waals surface area contributed by atoms with Crippen molar-refractivity contribution in [1.82, 2.24) is 0 Å². The number of nitrogens with zero attached hydrogens (tertiary/aromatic N) is 3. The maximum Gasteiger partial charge on any atom is 0.293 e. The van der Waals surface area contributed by atoms with Crippen LogP contribution in [-0.2, 0) is 0 Å². The van der Waals surface area contributed by atoms with Crippen molar-refractivity contribution in [1.29, 1.82) is 0 Å². The molecule has 0 aromatic heterocycles. The Labute approximate surface area is 105 Å². The number of nitrogens with two attached hydrogens (primary N) is 1. The monoisotopic (exact) mass is 248 g/mol. The van der Waals surface area contributed by atoms with E-state index in [4.69, 9.17) is 5.84 Å². The highest BCUT2D eigenvalue weighted by Crippen LogP contribution is 2.30. The molecule has 6 heteroatoms. The third kappa shape index (κ3) is 2.58. The fraction of sp³-hybridized carbons (Fsp3) is 0.417. The Hall–Kier alpha value is -2.11. The lowest BCUT2D eigenvalue weighted by Crippen LogP contribution is -2.29. The molecular weight excluding hydrogens is 232 g/mol. The van der Waals surface area contributed by atoms with Crippen LogP contribution >= 0.6 is 0 Å². The van der Waals surface area contributed by atoms with Gasteiger partial charge in [-0.15, -0.1) is 0 Å². The minimum Gasteiger partial charge on any atom is -0.366 e. The predicted molar refractivity (Wildman–Crippen MR) is 70.9 cm³/mol. The van der Waals surface area contributed by atoms with Crippen molar-refractivity contribution in [2.45, 2.75) is 19.3 Å². The molecule has 2 rings (SSSR count). The van der Waals surface area contributed by atoms with Gasteiger partial charge >= 0.3 is 0 Å². The Morgan fingerprint density at radius 3 is 2.67 bits per heavy atom. The average molecular weight is 248 g/mol. The van der Waals surface area contributed by atoms with Crippen molar-refractivity contribution in [3.8, 4) is 0 Å². The summed E-state index contributed by atoms with van der Waals surface area (Å²) in [5.41, 5.74) is 1.45. The molecule has 18 heavy (non-hydrogen) atoms. The van der Waals surface area contributed by atoms with E-state index in [2.05, 4.69) is 10.0 Å². The van der Waals surface area contributed by atoms with Crippen molar-refractivity contribution >= 4 is 17.6 Å². The largest absolute Gasteiger partial charge is 0.366 e. The molecule has 0 saturated carbocycles. The second-order valence-electron chi connectivity index (χ2n) is 4.33. The molecule has 1 aliphatic heterocycles. The van der Waals surface area contributed by atoms with Gasteiger partial charge in [0, 0.05) is 24.7 Å². The summed E-state index contributed by atoms with van der Waals surface area (Å²) in [6.45, 7) is 1.76. The van der Waals surface area contributed by atoms with E-state index in [9.17, 15) is 10.1 Å². The van der Waals surface area contributed by atoms with Crippen LogP contribution in [0.1, 0.15) is 24.8 Å². The standard InChI is InChI=1S/C12H16N4O2/c13-14-9-10-4-5-11(12(8-10)16(17)18)15-6-2-1-3-7-15/h4-5,8-9H,1-3,6-7,13H2. The summed E-state index contributed by atoms with van der Waals surface area (Å²) >= 11 is 0. The Balaban J connectivity index is 2.36. The lowest BCUT2D eigenvalue weighted by Gasteiger charge is -2.28. The Kier molecular flexibility index (Phi) is 3.76. The molecular formula is C12H16N4O2. The molecule has 1 aromatic rings. The highest BCUT2D eigenvalue weighted by molar-refractivity contribution is 5.83. The van der Waals surface area contributed by atoms with Crippen molar-refractivity contribution in [2.24, 2.45) is 10.9 Å². The van der Waals surface area contributed by atoms with Gasteiger partial charge in [0.1, 0.15) is 5.69 Å². The van der Waals surface area contributed by atoms with Crippen LogP contribution in [0.5, 0.6) is 0 Å². The number of nitro benzene ring substituents is 1. The van der Waals surface area contributed by atoms with Gasteiger partial charge in [-0.25, -0.2) is 0 Å². The molecule has 1 saturated heterocycles. The Morgan fingerprint density at radius 1 is 1.33 bits per heavy atom. The van der Waals surface area contributed by atoms with Gasteiger partial charge in [-0.1, -0.05) is 6.07 Å². The van der Waals surface area contributed by atoms with E-state index in [1.54, 1.807) is 12.1 Å². The zero-order chi connectivity index (χ0) is 13.0. The molecule has 96 valence electrons. The maximum absolute atomic E-state index is 11.1. The lowest BCUT2D eigenvalue weighted by molar-refractivity contribution is -0.384. The van der Waals surface area contributed by atoms with Crippen LogP contribution < -0.4 is 10.7 Å². The summed E-state index contributed by atoms with van der Waals surface area (Å²) in [5, 5.41) is 14.5. The van der Waals surface area contributed by atoms with Crippen LogP contribution in [0.4, 0.5) is 11.4 Å². The van der Waals surface area contributed by atoms with Crippen LogP contribution in [0.15, 0.2) is 23.3 Å². The number of nitro groups is 1. The van der Waals surface area contributed by atoms with Crippen LogP contribution in [0.3, 0.4) is 0 Å². The highest BCUT2D eigenvalue weighted by Gasteiger charge is 2.21. The summed E-state index contributed by atoms with van der Waals surface area (Å²) in [7, 11) is 0. The summed E-state index contributed by atoms with van der Waals surface area (Å²) in [6, 6.07) is 5.09. The van der Waals surface area contributed by atoms with Gasteiger partial charge in [-0.2, -0.15) is 5.10 Å². The van der Waals surface area contributed by atoms with Crippen molar-refractivity contribution in [3.05, 3.63) is 33.9 Å². The van der Waals surface area contributed by atoms with E-state index < -0.39 is 0 Å². The molecule has 0 aliphatic carbocycles. The fourth-order valence-corrected chi connectivity index (χ4v) is 2.26. The van der Waals surface area contributed by atoms with Gasteiger partial charge in [0.25, 0.3) is 5.69 Å². The third-order valence-electron chi connectivity index (χ3n) is 3.12. The van der Waals surface area contributed by atoms with Crippen molar-refractivity contribution in [2.75, 3.05) is 18.0 Å². The molecule has 0 spiro atoms. The normalized spacial score (nSPS) is 16.1. The van der Waals surface area contributed by atoms with Crippen LogP contribution in [-0.4, -0.2) is 24.2 Å². The first-order valence-electron chi connectivity index (χ1n) is 5.99. The van der Waals surface area contributed by atoms with E-state index in [-0.39, 0.29) is 10.6 Å². The molecule has 0 unspecified atom stereocenters. The minimum absolute atomic E-state index is 0.120. The summed E-state index contributed by atoms with van der Waals surface area (Å²) < 4.78 is 0. The van der Waals surface area contributed by atoms with Gasteiger partial charge in [0.2, 0.25) is 0 Å². The molecule has 2 N–H and O–H groups in total. The molecule has 0 atom stereocenters. The van der Waals surface area contributed by atoms with E-state index in [1.807, 2.05) is 0 Å². The zero-order valence-corrected chi connectivity index (χ0v) is 10.1. The van der Waals surface area contributed by atoms with Gasteiger partial charge in [0.05, 0.1) is 11.1 Å². The summed E-state index contributed by atoms with van der Waals surface area (Å²) in [6.07, 6.45) is 4.78. The van der Waals surface area contributed by atoms with Gasteiger partial charge in [-0.05, 0) is 25.3 Å². The second-order valence-corrected chi connectivity index (χ2v) is 4.33. The first kappa shape index (κ1) is 12.3. The maximum atomic E-state index is 11.1. The number of rotatable bonds is 3. The van der Waals surface area contributed by atoms with Crippen molar-refractivity contribution in [3.63, 3.8) is 0 Å². The SMILES string of the molecule is NN=Cc1ccc(N2CCCCC2)c([N+](=O)[O-])c1. The molecule has 6 nitrogen and oxygen atoms in total. The predicted octanol–water partition coefficient (Wildman–Crippen LogP) is 1.88. The lowest BCUT2D eigenvalue weighted by atomic mass is 10.1. The molecule has 1 fully saturated rings. The van der Waals surface area contributed by atoms with Gasteiger partial charge < -0.3 is 10.7 Å². The van der Waals surface area contributed by atoms with Crippen LogP contribution in [0.2, 0.25) is 0 Å². The molecule has 1 heterocycles. The third-order valence-corrected chi connectivity index (χ3v) is 3.12. The van der Waals surface area contributed by atoms with E-state index in [0.29, 0.717) is 11.3 Å². The molecule has 1 aliphatic rings. The smallest absolute Gasteiger partial charge is 0.293 e. The Morgan fingerprint density at radius 2 is 2.06 bits per heavy atom. The minimum atomic E-state index is -0.349. The van der Waals surface area contributed by atoms with Crippen molar-refractivity contribution < 1.29 is 4.92 Å². The number of piperidine rings is 1. The van der Waals surface area contributed by atoms with E-state index >= 15 is 0 Å². The molecule has 0 amide bonds. The van der Waals surface area contributed by atoms with E-state index in [1.165, 1.54) is 18.7 Å². The number of anilines is 1. The van der Waals surface area contributed by atoms with E-state index in [0.717, 1.165) is 25.9 Å². The summed E-state index contributed by atoms with van der Waals surface area (Å²) in [5.74, 6) is 5.06. The Bertz CT molecular complexity index is 467. The van der Waals surface area contributed by atoms with Gasteiger partial charge in [-0.3, -0.25) is 10.1 Å². The quantitative estimate of drug-likeness (QED) is 0.383. The number of hydrogen-bond acceptors (Lipinski definition) is 5. The number of hydrazone groups is 1. The topological polar surface area (TPSA) is 84.8 Å². The molecule has 0 bridgehead atoms. The molecule has 1 aromatic carbocycles. The van der Waals surface area contributed by atoms with Crippen LogP contribution in [0.25, 0.3) is 0 Å². The van der Waals surface area contributed by atoms with Crippen LogP contribution in [0, 0.1) is 10.1 Å².